The van der Waals surface area contributed by atoms with Crippen molar-refractivity contribution in [2.24, 2.45) is 0 Å². The minimum absolute atomic E-state index is 0.214. The van der Waals surface area contributed by atoms with Crippen LogP contribution in [0.1, 0.15) is 21.6 Å². The van der Waals surface area contributed by atoms with E-state index in [9.17, 15) is 9.59 Å². The molecule has 6 nitrogen and oxygen atoms in total. The number of anilines is 1. The van der Waals surface area contributed by atoms with Crippen LogP contribution in [0.5, 0.6) is 0 Å². The van der Waals surface area contributed by atoms with Gasteiger partial charge in [-0.15, -0.1) is 0 Å². The zero-order valence-electron chi connectivity index (χ0n) is 13.5. The smallest absolute Gasteiger partial charge is 0.320 e. The van der Waals surface area contributed by atoms with Crippen molar-refractivity contribution in [2.75, 3.05) is 19.4 Å². The number of carbonyl (C=O) groups excluding carboxylic acids is 2. The molecular weight excluding hydrogens is 292 g/mol. The van der Waals surface area contributed by atoms with Gasteiger partial charge in [0.15, 0.2) is 0 Å². The lowest BCUT2D eigenvalue weighted by molar-refractivity contribution is 0.0822. The van der Waals surface area contributed by atoms with Crippen molar-refractivity contribution in [3.05, 3.63) is 59.3 Å². The topological polar surface area (TPSA) is 74.3 Å². The third-order valence-electron chi connectivity index (χ3n) is 3.32. The molecule has 3 amide bonds. The molecule has 0 spiro atoms. The van der Waals surface area contributed by atoms with E-state index in [1.807, 2.05) is 31.2 Å². The molecule has 0 aliphatic heterocycles. The Bertz CT molecular complexity index is 713. The summed E-state index contributed by atoms with van der Waals surface area (Å²) in [5.74, 6) is 0.119. The number of hydrogen-bond donors (Lipinski definition) is 2. The molecule has 0 radical (unpaired) electrons. The summed E-state index contributed by atoms with van der Waals surface area (Å²) in [6.07, 6.45) is 0. The summed E-state index contributed by atoms with van der Waals surface area (Å²) in [5, 5.41) is 5.41. The van der Waals surface area contributed by atoms with Crippen LogP contribution in [0.15, 0.2) is 42.5 Å². The summed E-state index contributed by atoms with van der Waals surface area (Å²) in [7, 11) is 3.30. The normalized spacial score (nSPS) is 10.0. The van der Waals surface area contributed by atoms with Crippen LogP contribution in [0.3, 0.4) is 0 Å². The highest BCUT2D eigenvalue weighted by Crippen LogP contribution is 2.08. The van der Waals surface area contributed by atoms with Gasteiger partial charge in [-0.2, -0.15) is 0 Å². The van der Waals surface area contributed by atoms with Crippen molar-refractivity contribution in [1.82, 2.24) is 15.2 Å². The van der Waals surface area contributed by atoms with Crippen molar-refractivity contribution in [1.29, 1.82) is 0 Å². The molecule has 0 aliphatic rings. The van der Waals surface area contributed by atoms with E-state index in [0.29, 0.717) is 12.4 Å². The number of hydrogen-bond acceptors (Lipinski definition) is 3. The summed E-state index contributed by atoms with van der Waals surface area (Å²) in [6.45, 7) is 2.42. The SMILES string of the molecule is Cc1ccccc1CNC(=O)Nc1cccc(C(=O)N(C)C)n1. The summed E-state index contributed by atoms with van der Waals surface area (Å²) in [6, 6.07) is 12.4. The van der Waals surface area contributed by atoms with Gasteiger partial charge in [0.1, 0.15) is 11.5 Å². The van der Waals surface area contributed by atoms with Crippen molar-refractivity contribution >= 4 is 17.8 Å². The fourth-order valence-corrected chi connectivity index (χ4v) is 2.00. The van der Waals surface area contributed by atoms with Gasteiger partial charge < -0.3 is 10.2 Å². The third-order valence-corrected chi connectivity index (χ3v) is 3.32. The number of benzene rings is 1. The summed E-state index contributed by atoms with van der Waals surface area (Å²) < 4.78 is 0. The first-order chi connectivity index (χ1) is 11.0. The molecule has 0 atom stereocenters. The van der Waals surface area contributed by atoms with Gasteiger partial charge in [-0.1, -0.05) is 30.3 Å². The largest absolute Gasteiger partial charge is 0.343 e. The van der Waals surface area contributed by atoms with Crippen molar-refractivity contribution in [3.63, 3.8) is 0 Å². The van der Waals surface area contributed by atoms with Crippen LogP contribution in [-0.4, -0.2) is 35.9 Å². The lowest BCUT2D eigenvalue weighted by Crippen LogP contribution is -2.29. The number of amides is 3. The van der Waals surface area contributed by atoms with E-state index in [4.69, 9.17) is 0 Å². The number of rotatable bonds is 4. The number of nitrogens with one attached hydrogen (secondary N) is 2. The van der Waals surface area contributed by atoms with E-state index in [2.05, 4.69) is 15.6 Å². The van der Waals surface area contributed by atoms with Gasteiger partial charge in [0.25, 0.3) is 5.91 Å². The molecule has 2 N–H and O–H groups in total. The van der Waals surface area contributed by atoms with E-state index < -0.39 is 0 Å². The molecule has 1 heterocycles. The highest BCUT2D eigenvalue weighted by atomic mass is 16.2. The molecule has 0 bridgehead atoms. The second-order valence-electron chi connectivity index (χ2n) is 5.34. The molecule has 2 rings (SSSR count). The molecule has 6 heteroatoms. The Balaban J connectivity index is 1.97. The van der Waals surface area contributed by atoms with Crippen LogP contribution in [0.4, 0.5) is 10.6 Å². The van der Waals surface area contributed by atoms with Crippen LogP contribution in [0.2, 0.25) is 0 Å². The van der Waals surface area contributed by atoms with Gasteiger partial charge in [-0.3, -0.25) is 10.1 Å². The fraction of sp³-hybridized carbons (Fsp3) is 0.235. The first-order valence-corrected chi connectivity index (χ1v) is 7.25. The molecule has 120 valence electrons. The number of aromatic nitrogens is 1. The second-order valence-corrected chi connectivity index (χ2v) is 5.34. The van der Waals surface area contributed by atoms with Crippen LogP contribution in [0.25, 0.3) is 0 Å². The minimum Gasteiger partial charge on any atom is -0.343 e. The van der Waals surface area contributed by atoms with E-state index >= 15 is 0 Å². The van der Waals surface area contributed by atoms with E-state index in [1.54, 1.807) is 32.3 Å². The minimum atomic E-state index is -0.366. The van der Waals surface area contributed by atoms with Crippen LogP contribution in [-0.2, 0) is 6.54 Å². The molecule has 0 fully saturated rings. The Morgan fingerprint density at radius 2 is 1.83 bits per heavy atom. The molecule has 0 saturated heterocycles. The Kier molecular flexibility index (Phi) is 5.30. The van der Waals surface area contributed by atoms with Crippen molar-refractivity contribution < 1.29 is 9.59 Å². The van der Waals surface area contributed by atoms with Gasteiger partial charge in [-0.25, -0.2) is 9.78 Å². The van der Waals surface area contributed by atoms with E-state index in [1.165, 1.54) is 4.90 Å². The average Bonchev–Trinajstić information content (AvgIpc) is 2.53. The Morgan fingerprint density at radius 1 is 1.09 bits per heavy atom. The maximum Gasteiger partial charge on any atom is 0.320 e. The van der Waals surface area contributed by atoms with E-state index in [-0.39, 0.29) is 17.6 Å². The molecule has 1 aromatic carbocycles. The highest BCUT2D eigenvalue weighted by molar-refractivity contribution is 5.93. The maximum atomic E-state index is 12.0. The second kappa shape index (κ2) is 7.40. The molecule has 0 saturated carbocycles. The first-order valence-electron chi connectivity index (χ1n) is 7.25. The van der Waals surface area contributed by atoms with Crippen LogP contribution < -0.4 is 10.6 Å². The predicted octanol–water partition coefficient (Wildman–Crippen LogP) is 2.41. The first kappa shape index (κ1) is 16.5. The van der Waals surface area contributed by atoms with Crippen LogP contribution in [0, 0.1) is 6.92 Å². The monoisotopic (exact) mass is 312 g/mol. The molecular formula is C17H20N4O2. The average molecular weight is 312 g/mol. The summed E-state index contributed by atoms with van der Waals surface area (Å²) in [5.41, 5.74) is 2.45. The summed E-state index contributed by atoms with van der Waals surface area (Å²) in [4.78, 5) is 29.4. The zero-order valence-corrected chi connectivity index (χ0v) is 13.5. The fourth-order valence-electron chi connectivity index (χ4n) is 2.00. The highest BCUT2D eigenvalue weighted by Gasteiger charge is 2.11. The van der Waals surface area contributed by atoms with Crippen molar-refractivity contribution in [3.8, 4) is 0 Å². The van der Waals surface area contributed by atoms with E-state index in [0.717, 1.165) is 11.1 Å². The third kappa shape index (κ3) is 4.54. The molecule has 1 aromatic heterocycles. The Hall–Kier alpha value is -2.89. The molecule has 0 aliphatic carbocycles. The predicted molar refractivity (Wildman–Crippen MR) is 89.3 cm³/mol. The summed E-state index contributed by atoms with van der Waals surface area (Å²) >= 11 is 0. The quantitative estimate of drug-likeness (QED) is 0.910. The standard InChI is InChI=1S/C17H20N4O2/c1-12-7-4-5-8-13(12)11-18-17(23)20-15-10-6-9-14(19-15)16(22)21(2)3/h4-10H,11H2,1-3H3,(H2,18,19,20,23). The number of pyridine rings is 1. The number of nitrogens with zero attached hydrogens (tertiary/aromatic N) is 2. The van der Waals surface area contributed by atoms with Gasteiger partial charge in [0.05, 0.1) is 0 Å². The van der Waals surface area contributed by atoms with Gasteiger partial charge in [-0.05, 0) is 30.2 Å². The van der Waals surface area contributed by atoms with Gasteiger partial charge in [0, 0.05) is 20.6 Å². The molecule has 2 aromatic rings. The Labute approximate surface area is 135 Å². The molecule has 0 unspecified atom stereocenters. The lowest BCUT2D eigenvalue weighted by Gasteiger charge is -2.11. The van der Waals surface area contributed by atoms with Gasteiger partial charge >= 0.3 is 6.03 Å². The maximum absolute atomic E-state index is 12.0. The molecule has 23 heavy (non-hydrogen) atoms. The van der Waals surface area contributed by atoms with Crippen LogP contribution >= 0.6 is 0 Å². The van der Waals surface area contributed by atoms with Crippen molar-refractivity contribution in [2.45, 2.75) is 13.5 Å². The zero-order chi connectivity index (χ0) is 16.8. The number of carbonyl (C=O) groups is 2. The van der Waals surface area contributed by atoms with Gasteiger partial charge in [0.2, 0.25) is 0 Å². The number of urea groups is 1. The number of aryl methyl sites for hydroxylation is 1. The Morgan fingerprint density at radius 3 is 2.52 bits per heavy atom. The lowest BCUT2D eigenvalue weighted by atomic mass is 10.1.